The zero-order valence-corrected chi connectivity index (χ0v) is 14.9. The number of nitrogens with zero attached hydrogens (tertiary/aromatic N) is 2. The van der Waals surface area contributed by atoms with Gasteiger partial charge in [-0.2, -0.15) is 5.10 Å². The van der Waals surface area contributed by atoms with Crippen LogP contribution in [-0.4, -0.2) is 35.2 Å². The monoisotopic (exact) mass is 364 g/mol. The highest BCUT2D eigenvalue weighted by Crippen LogP contribution is 2.24. The minimum Gasteiger partial charge on any atom is -0.353 e. The number of hydrogen-bond acceptors (Lipinski definition) is 3. The summed E-state index contributed by atoms with van der Waals surface area (Å²) >= 11 is 0. The molecule has 1 atom stereocenters. The summed E-state index contributed by atoms with van der Waals surface area (Å²) in [6, 6.07) is 18.2. The lowest BCUT2D eigenvalue weighted by Crippen LogP contribution is -2.38. The molecule has 6 heteroatoms. The highest BCUT2D eigenvalue weighted by molar-refractivity contribution is 5.79. The fourth-order valence-corrected chi connectivity index (χ4v) is 3.39. The number of aromatic amines is 1. The Morgan fingerprint density at radius 2 is 1.96 bits per heavy atom. The van der Waals surface area contributed by atoms with Gasteiger partial charge >= 0.3 is 0 Å². The maximum absolute atomic E-state index is 13.0. The number of aromatic nitrogens is 2. The fourth-order valence-electron chi connectivity index (χ4n) is 3.39. The third-order valence-corrected chi connectivity index (χ3v) is 4.80. The van der Waals surface area contributed by atoms with Crippen molar-refractivity contribution in [3.05, 3.63) is 72.0 Å². The van der Waals surface area contributed by atoms with Gasteiger partial charge in [-0.15, -0.1) is 0 Å². The number of benzene rings is 2. The average molecular weight is 364 g/mol. The molecule has 0 spiro atoms. The average Bonchev–Trinajstić information content (AvgIpc) is 3.34. The van der Waals surface area contributed by atoms with Crippen molar-refractivity contribution >= 4 is 11.7 Å². The largest absolute Gasteiger partial charge is 0.353 e. The van der Waals surface area contributed by atoms with Crippen molar-refractivity contribution in [2.75, 3.05) is 18.0 Å². The second-order valence-electron chi connectivity index (χ2n) is 6.81. The molecule has 4 rings (SSSR count). The molecule has 138 valence electrons. The molecule has 0 bridgehead atoms. The molecule has 3 aromatic rings. The Balaban J connectivity index is 1.33. The molecule has 1 unspecified atom stereocenters. The molecule has 0 aliphatic carbocycles. The number of halogens is 1. The van der Waals surface area contributed by atoms with Gasteiger partial charge in [-0.25, -0.2) is 4.39 Å². The zero-order chi connectivity index (χ0) is 18.6. The molecule has 1 aromatic heterocycles. The lowest BCUT2D eigenvalue weighted by Gasteiger charge is -2.16. The Morgan fingerprint density at radius 3 is 2.74 bits per heavy atom. The van der Waals surface area contributed by atoms with E-state index in [4.69, 9.17) is 0 Å². The molecule has 5 nitrogen and oxygen atoms in total. The van der Waals surface area contributed by atoms with Gasteiger partial charge in [0.1, 0.15) is 5.82 Å². The summed E-state index contributed by atoms with van der Waals surface area (Å²) in [6.45, 7) is 1.58. The van der Waals surface area contributed by atoms with Gasteiger partial charge in [-0.05, 0) is 29.7 Å². The second kappa shape index (κ2) is 7.61. The van der Waals surface area contributed by atoms with Gasteiger partial charge < -0.3 is 10.2 Å². The summed E-state index contributed by atoms with van der Waals surface area (Å²) in [5.41, 5.74) is 2.89. The van der Waals surface area contributed by atoms with Crippen molar-refractivity contribution in [2.45, 2.75) is 18.9 Å². The van der Waals surface area contributed by atoms with Gasteiger partial charge in [0.25, 0.3) is 0 Å². The first-order chi connectivity index (χ1) is 13.2. The molecule has 1 aliphatic rings. The van der Waals surface area contributed by atoms with Gasteiger partial charge in [0.2, 0.25) is 5.91 Å². The highest BCUT2D eigenvalue weighted by Gasteiger charge is 2.25. The smallest absolute Gasteiger partial charge is 0.224 e. The molecule has 2 N–H and O–H groups in total. The van der Waals surface area contributed by atoms with E-state index in [-0.39, 0.29) is 24.2 Å². The van der Waals surface area contributed by atoms with Crippen LogP contribution in [0.1, 0.15) is 12.0 Å². The van der Waals surface area contributed by atoms with E-state index in [1.807, 2.05) is 36.4 Å². The first-order valence-corrected chi connectivity index (χ1v) is 9.07. The highest BCUT2D eigenvalue weighted by atomic mass is 19.1. The van der Waals surface area contributed by atoms with E-state index in [0.29, 0.717) is 0 Å². The van der Waals surface area contributed by atoms with Crippen LogP contribution < -0.4 is 10.2 Å². The van der Waals surface area contributed by atoms with Gasteiger partial charge in [0.15, 0.2) is 5.82 Å². The number of carbonyl (C=O) groups excluding carboxylic acids is 1. The van der Waals surface area contributed by atoms with Gasteiger partial charge in [0.05, 0.1) is 12.1 Å². The number of H-pyrrole nitrogens is 1. The molecule has 0 saturated carbocycles. The van der Waals surface area contributed by atoms with Crippen molar-refractivity contribution in [3.8, 4) is 11.3 Å². The molecule has 1 aliphatic heterocycles. The third-order valence-electron chi connectivity index (χ3n) is 4.80. The summed E-state index contributed by atoms with van der Waals surface area (Å²) in [6.07, 6.45) is 1.14. The van der Waals surface area contributed by atoms with Crippen molar-refractivity contribution in [3.63, 3.8) is 0 Å². The van der Waals surface area contributed by atoms with Crippen LogP contribution in [0.5, 0.6) is 0 Å². The normalized spacial score (nSPS) is 16.5. The lowest BCUT2D eigenvalue weighted by molar-refractivity contribution is -0.121. The number of carbonyl (C=O) groups is 1. The van der Waals surface area contributed by atoms with Crippen molar-refractivity contribution < 1.29 is 9.18 Å². The van der Waals surface area contributed by atoms with Crippen LogP contribution in [0.4, 0.5) is 10.2 Å². The van der Waals surface area contributed by atoms with E-state index in [0.717, 1.165) is 42.1 Å². The number of amides is 1. The Bertz CT molecular complexity index is 907. The van der Waals surface area contributed by atoms with Crippen LogP contribution in [0.2, 0.25) is 0 Å². The van der Waals surface area contributed by atoms with Gasteiger partial charge in [0, 0.05) is 25.2 Å². The molecule has 2 aromatic carbocycles. The molecule has 1 saturated heterocycles. The first-order valence-electron chi connectivity index (χ1n) is 9.07. The Kier molecular flexibility index (Phi) is 4.87. The summed E-state index contributed by atoms with van der Waals surface area (Å²) < 4.78 is 13.0. The lowest BCUT2D eigenvalue weighted by atomic mass is 10.1. The van der Waals surface area contributed by atoms with E-state index >= 15 is 0 Å². The molecule has 1 fully saturated rings. The minimum atomic E-state index is -0.292. The fraction of sp³-hybridized carbons (Fsp3) is 0.238. The maximum atomic E-state index is 13.0. The van der Waals surface area contributed by atoms with E-state index in [9.17, 15) is 9.18 Å². The van der Waals surface area contributed by atoms with Crippen LogP contribution in [0.25, 0.3) is 11.3 Å². The summed E-state index contributed by atoms with van der Waals surface area (Å²) in [5.74, 6) is 0.559. The Hall–Kier alpha value is -3.15. The molecular weight excluding hydrogens is 343 g/mol. The van der Waals surface area contributed by atoms with Crippen molar-refractivity contribution in [1.82, 2.24) is 15.5 Å². The van der Waals surface area contributed by atoms with Crippen molar-refractivity contribution in [1.29, 1.82) is 0 Å². The van der Waals surface area contributed by atoms with E-state index in [1.54, 1.807) is 12.1 Å². The predicted octanol–water partition coefficient (Wildman–Crippen LogP) is 3.15. The molecule has 1 amide bonds. The third kappa shape index (κ3) is 4.16. The van der Waals surface area contributed by atoms with E-state index in [2.05, 4.69) is 20.4 Å². The summed E-state index contributed by atoms with van der Waals surface area (Å²) in [7, 11) is 0. The molecular formula is C21H21FN4O. The summed E-state index contributed by atoms with van der Waals surface area (Å²) in [5, 5.41) is 10.6. The second-order valence-corrected chi connectivity index (χ2v) is 6.81. The van der Waals surface area contributed by atoms with Gasteiger partial charge in [-0.1, -0.05) is 42.5 Å². The molecule has 0 radical (unpaired) electrons. The number of rotatable bonds is 5. The molecule has 2 heterocycles. The zero-order valence-electron chi connectivity index (χ0n) is 14.9. The Labute approximate surface area is 157 Å². The van der Waals surface area contributed by atoms with Crippen molar-refractivity contribution in [2.24, 2.45) is 0 Å². The van der Waals surface area contributed by atoms with Crippen LogP contribution >= 0.6 is 0 Å². The first kappa shape index (κ1) is 17.3. The number of nitrogens with one attached hydrogen (secondary N) is 2. The van der Waals surface area contributed by atoms with Crippen LogP contribution in [0, 0.1) is 5.82 Å². The van der Waals surface area contributed by atoms with Crippen LogP contribution in [0.3, 0.4) is 0 Å². The topological polar surface area (TPSA) is 61.0 Å². The predicted molar refractivity (Wildman–Crippen MR) is 103 cm³/mol. The standard InChI is InChI=1S/C21H21FN4O/c22-17-8-6-15(7-9-17)12-21(27)23-18-10-11-26(14-18)20-13-19(24-25-20)16-4-2-1-3-5-16/h1-9,13,18H,10-12,14H2,(H,23,27)(H,24,25). The SMILES string of the molecule is O=C(Cc1ccc(F)cc1)NC1CCN(c2cc(-c3ccccc3)[nH]n2)C1. The van der Waals surface area contributed by atoms with E-state index < -0.39 is 0 Å². The maximum Gasteiger partial charge on any atom is 0.224 e. The number of anilines is 1. The van der Waals surface area contributed by atoms with Crippen LogP contribution in [0.15, 0.2) is 60.7 Å². The quantitative estimate of drug-likeness (QED) is 0.731. The Morgan fingerprint density at radius 1 is 1.19 bits per heavy atom. The van der Waals surface area contributed by atoms with E-state index in [1.165, 1.54) is 12.1 Å². The minimum absolute atomic E-state index is 0.0412. The number of hydrogen-bond donors (Lipinski definition) is 2. The van der Waals surface area contributed by atoms with Gasteiger partial charge in [-0.3, -0.25) is 9.89 Å². The molecule has 27 heavy (non-hydrogen) atoms. The van der Waals surface area contributed by atoms with Crippen LogP contribution in [-0.2, 0) is 11.2 Å². The summed E-state index contributed by atoms with van der Waals surface area (Å²) in [4.78, 5) is 14.4.